The van der Waals surface area contributed by atoms with Gasteiger partial charge in [0, 0.05) is 89.1 Å². The van der Waals surface area contributed by atoms with Crippen molar-refractivity contribution in [3.8, 4) is 79.5 Å². The first-order valence-electron chi connectivity index (χ1n) is 23.3. The van der Waals surface area contributed by atoms with E-state index in [1.165, 1.54) is 6.20 Å². The van der Waals surface area contributed by atoms with Crippen LogP contribution in [-0.2, 0) is 0 Å². The van der Waals surface area contributed by atoms with Crippen molar-refractivity contribution < 1.29 is 10.0 Å². The van der Waals surface area contributed by atoms with Crippen molar-refractivity contribution in [1.29, 1.82) is 0 Å². The Morgan fingerprint density at radius 1 is 0.342 bits per heavy atom. The molecule has 0 aliphatic carbocycles. The number of hydrogen-bond donors (Lipinski definition) is 2. The molecule has 0 aliphatic heterocycles. The average Bonchev–Trinajstić information content (AvgIpc) is 3.45. The Morgan fingerprint density at radius 2 is 0.684 bits per heavy atom. The Labute approximate surface area is 460 Å². The summed E-state index contributed by atoms with van der Waals surface area (Å²) in [5.74, 6) is 3.64. The third-order valence-electron chi connectivity index (χ3n) is 11.6. The van der Waals surface area contributed by atoms with E-state index in [0.29, 0.717) is 50.5 Å². The van der Waals surface area contributed by atoms with Gasteiger partial charge in [-0.25, -0.2) is 29.9 Å². The number of pyridine rings is 2. The summed E-state index contributed by atoms with van der Waals surface area (Å²) in [6.45, 7) is 0. The Balaban J connectivity index is 0.000000164. The highest BCUT2D eigenvalue weighted by atomic mass is 79.9. The maximum absolute atomic E-state index is 9.04. The van der Waals surface area contributed by atoms with Crippen LogP contribution in [0.1, 0.15) is 14.9 Å². The van der Waals surface area contributed by atoms with Gasteiger partial charge in [-0.05, 0) is 58.1 Å². The van der Waals surface area contributed by atoms with Crippen LogP contribution in [0.4, 0.5) is 0 Å². The average molecular weight is 1100 g/mol. The van der Waals surface area contributed by atoms with Gasteiger partial charge in [0.05, 0.1) is 0 Å². The van der Waals surface area contributed by atoms with Gasteiger partial charge in [0.15, 0.2) is 34.9 Å². The van der Waals surface area contributed by atoms with E-state index in [1.807, 2.05) is 200 Å². The molecule has 372 valence electrons. The number of nitrogens with zero attached hydrogens (tertiary/aromatic N) is 8. The molecule has 76 heavy (non-hydrogen) atoms. The van der Waals surface area contributed by atoms with Crippen molar-refractivity contribution in [3.63, 3.8) is 0 Å². The van der Waals surface area contributed by atoms with Crippen molar-refractivity contribution >= 4 is 73.3 Å². The highest BCUT2D eigenvalue weighted by molar-refractivity contribution is 9.10. The number of halogens is 3. The van der Waals surface area contributed by atoms with Gasteiger partial charge >= 0.3 is 7.12 Å². The summed E-state index contributed by atoms with van der Waals surface area (Å²) in [5, 5.41) is 23.2. The smallest absolute Gasteiger partial charge is 0.423 e. The van der Waals surface area contributed by atoms with Gasteiger partial charge in [-0.1, -0.05) is 224 Å². The zero-order chi connectivity index (χ0) is 50.8. The minimum Gasteiger partial charge on any atom is -0.423 e. The molecule has 0 unspecified atom stereocenters. The lowest BCUT2D eigenvalue weighted by Gasteiger charge is -2.11. The quantitative estimate of drug-likeness (QED) is 0.141. The Hall–Kier alpha value is -8.36. The molecule has 0 spiro atoms. The third kappa shape index (κ3) is 12.9. The number of hydrogen-bond acceptors (Lipinski definition) is 10. The minimum absolute atomic E-state index is 0. The van der Waals surface area contributed by atoms with E-state index >= 15 is 0 Å². The predicted octanol–water partition coefficient (Wildman–Crippen LogP) is 15.2. The van der Waals surface area contributed by atoms with E-state index in [4.69, 9.17) is 48.2 Å². The number of aromatic nitrogens is 8. The highest BCUT2D eigenvalue weighted by Gasteiger charge is 2.17. The van der Waals surface area contributed by atoms with Crippen LogP contribution in [0.15, 0.2) is 236 Å². The van der Waals surface area contributed by atoms with Crippen LogP contribution in [0.5, 0.6) is 0 Å². The van der Waals surface area contributed by atoms with E-state index < -0.39 is 7.12 Å². The zero-order valence-corrected chi connectivity index (χ0v) is 42.2. The molecule has 12 rings (SSSR count). The number of fused-ring (bicyclic) bond motifs is 2. The molecule has 2 N–H and O–H groups in total. The molecule has 0 aliphatic rings. The van der Waals surface area contributed by atoms with Crippen molar-refractivity contribution in [1.82, 2.24) is 39.9 Å². The lowest BCUT2D eigenvalue weighted by atomic mass is 9.78. The monoisotopic (exact) mass is 1100 g/mol. The molecule has 0 bridgehead atoms. The SMILES string of the molecule is C.C.Clc1cc(-c2nc(-c3ccccc3)nc(-c3ccccc3)n2)cc(-c2cncc3ccccc23)c1.Clc1cc(Br)cc(-c2nc(-c3ccccc3)nc(-c3ccccc3)n2)c1.OB(O)c1cncc2ccccc12. The first-order chi connectivity index (χ1) is 36.2. The van der Waals surface area contributed by atoms with E-state index in [0.717, 1.165) is 70.5 Å². The normalized spacial score (nSPS) is 10.5. The van der Waals surface area contributed by atoms with Crippen LogP contribution in [0.2, 0.25) is 10.0 Å². The van der Waals surface area contributed by atoms with Gasteiger partial charge in [-0.2, -0.15) is 0 Å². The molecule has 8 aromatic carbocycles. The largest absolute Gasteiger partial charge is 0.490 e. The molecule has 0 saturated heterocycles. The number of benzene rings is 8. The van der Waals surface area contributed by atoms with Crippen LogP contribution < -0.4 is 5.46 Å². The second-order valence-electron chi connectivity index (χ2n) is 16.7. The molecule has 4 aromatic heterocycles. The zero-order valence-electron chi connectivity index (χ0n) is 39.1. The third-order valence-corrected chi connectivity index (χ3v) is 12.5. The lowest BCUT2D eigenvalue weighted by molar-refractivity contribution is 0.426. The fourth-order valence-electron chi connectivity index (χ4n) is 8.12. The first-order valence-corrected chi connectivity index (χ1v) is 24.8. The molecular formula is C62H48BBrCl2N8O2. The summed E-state index contributed by atoms with van der Waals surface area (Å²) < 4.78 is 0.878. The van der Waals surface area contributed by atoms with Crippen molar-refractivity contribution in [2.24, 2.45) is 0 Å². The van der Waals surface area contributed by atoms with Gasteiger partial charge in [0.25, 0.3) is 0 Å². The fraction of sp³-hybridized carbons (Fsp3) is 0.0323. The van der Waals surface area contributed by atoms with Crippen LogP contribution in [0.3, 0.4) is 0 Å². The van der Waals surface area contributed by atoms with Crippen LogP contribution >= 0.6 is 39.1 Å². The Kier molecular flexibility index (Phi) is 17.9. The van der Waals surface area contributed by atoms with Gasteiger partial charge in [0.1, 0.15) is 0 Å². The van der Waals surface area contributed by atoms with Crippen LogP contribution in [0, 0.1) is 0 Å². The Morgan fingerprint density at radius 3 is 1.12 bits per heavy atom. The molecule has 0 atom stereocenters. The highest BCUT2D eigenvalue weighted by Crippen LogP contribution is 2.34. The second-order valence-corrected chi connectivity index (χ2v) is 18.5. The molecule has 4 heterocycles. The van der Waals surface area contributed by atoms with Gasteiger partial charge in [-0.3, -0.25) is 9.97 Å². The topological polar surface area (TPSA) is 144 Å². The summed E-state index contributed by atoms with van der Waals surface area (Å²) >= 11 is 16.3. The molecule has 0 amide bonds. The van der Waals surface area contributed by atoms with Crippen molar-refractivity contribution in [2.45, 2.75) is 14.9 Å². The lowest BCUT2D eigenvalue weighted by Crippen LogP contribution is -2.30. The number of rotatable bonds is 8. The molecule has 0 radical (unpaired) electrons. The van der Waals surface area contributed by atoms with Crippen LogP contribution in [-0.4, -0.2) is 57.0 Å². The first kappa shape index (κ1) is 53.9. The molecule has 10 nitrogen and oxygen atoms in total. The van der Waals surface area contributed by atoms with E-state index in [1.54, 1.807) is 6.20 Å². The standard InChI is InChI=1S/C30H19ClN4.C21H13BrClN3.C9H8BNO2.2CH4/c31-25-16-23(27-19-32-18-22-13-7-8-14-26(22)27)15-24(17-25)30-34-28(20-9-3-1-4-10-20)33-29(35-30)21-11-5-2-6-12-21;22-17-11-16(12-18(23)13-17)21-25-19(14-7-3-1-4-8-14)24-20(26-21)15-9-5-2-6-10-15;12-10(13)9-6-11-5-7-3-1-2-4-8(7)9;;/h1-19H;1-13H;1-6,12-13H;2*1H4. The van der Waals surface area contributed by atoms with Crippen molar-refractivity contribution in [3.05, 3.63) is 246 Å². The maximum Gasteiger partial charge on any atom is 0.490 e. The fourth-order valence-corrected chi connectivity index (χ4v) is 9.22. The molecule has 12 aromatic rings. The minimum atomic E-state index is -1.46. The predicted molar refractivity (Wildman–Crippen MR) is 316 cm³/mol. The van der Waals surface area contributed by atoms with E-state index in [9.17, 15) is 0 Å². The molecule has 0 saturated carbocycles. The van der Waals surface area contributed by atoms with E-state index in [-0.39, 0.29) is 14.9 Å². The molecule has 14 heteroatoms. The van der Waals surface area contributed by atoms with Crippen molar-refractivity contribution in [2.75, 3.05) is 0 Å². The molecular weight excluding hydrogens is 1050 g/mol. The summed E-state index contributed by atoms with van der Waals surface area (Å²) in [6.07, 6.45) is 6.90. The van der Waals surface area contributed by atoms with Gasteiger partial charge < -0.3 is 10.0 Å². The molecule has 0 fully saturated rings. The summed E-state index contributed by atoms with van der Waals surface area (Å²) in [6, 6.07) is 66.8. The second kappa shape index (κ2) is 25.3. The summed E-state index contributed by atoms with van der Waals surface area (Å²) in [7, 11) is -1.46. The Bertz CT molecular complexity index is 3740. The summed E-state index contributed by atoms with van der Waals surface area (Å²) in [5.41, 5.74) is 7.79. The summed E-state index contributed by atoms with van der Waals surface area (Å²) in [4.78, 5) is 36.9. The van der Waals surface area contributed by atoms with E-state index in [2.05, 4.69) is 59.0 Å². The maximum atomic E-state index is 9.04. The van der Waals surface area contributed by atoms with Gasteiger partial charge in [-0.15, -0.1) is 0 Å². The van der Waals surface area contributed by atoms with Gasteiger partial charge in [0.2, 0.25) is 0 Å². The van der Waals surface area contributed by atoms with Crippen LogP contribution in [0.25, 0.3) is 101 Å².